The van der Waals surface area contributed by atoms with Crippen molar-refractivity contribution >= 4 is 5.91 Å². The highest BCUT2D eigenvalue weighted by Gasteiger charge is 2.39. The quantitative estimate of drug-likeness (QED) is 0.643. The van der Waals surface area contributed by atoms with E-state index in [1.54, 1.807) is 0 Å². The van der Waals surface area contributed by atoms with Crippen LogP contribution in [0.3, 0.4) is 0 Å². The van der Waals surface area contributed by atoms with E-state index in [1.165, 1.54) is 32.4 Å². The second-order valence-electron chi connectivity index (χ2n) is 9.56. The number of ether oxygens (including phenoxy) is 2. The Morgan fingerprint density at radius 3 is 2.48 bits per heavy atom. The summed E-state index contributed by atoms with van der Waals surface area (Å²) in [6.45, 7) is 6.58. The van der Waals surface area contributed by atoms with E-state index in [9.17, 15) is 9.90 Å². The fourth-order valence-electron chi connectivity index (χ4n) is 5.69. The van der Waals surface area contributed by atoms with E-state index < -0.39 is 6.29 Å². The van der Waals surface area contributed by atoms with E-state index in [4.69, 9.17) is 9.47 Å². The molecule has 6 nitrogen and oxygen atoms in total. The van der Waals surface area contributed by atoms with E-state index in [0.717, 1.165) is 37.9 Å². The highest BCUT2D eigenvalue weighted by molar-refractivity contribution is 5.92. The fourth-order valence-corrected chi connectivity index (χ4v) is 5.69. The van der Waals surface area contributed by atoms with Crippen LogP contribution in [0, 0.1) is 5.92 Å². The number of nitrogens with zero attached hydrogens (tertiary/aromatic N) is 2. The SMILES string of the molecule is CCOC1OC(C(=O)N2CCC(N3CCCCC3)CC2)=C[C@@H](c2ccccc2)C1CCCO. The molecule has 0 radical (unpaired) electrons. The second kappa shape index (κ2) is 12.0. The van der Waals surface area contributed by atoms with Crippen LogP contribution in [0.4, 0.5) is 0 Å². The normalized spacial score (nSPS) is 27.2. The lowest BCUT2D eigenvalue weighted by molar-refractivity contribution is -0.171. The Bertz CT molecular complexity index is 770. The van der Waals surface area contributed by atoms with Crippen LogP contribution in [-0.4, -0.2) is 72.5 Å². The van der Waals surface area contributed by atoms with Crippen LogP contribution in [-0.2, 0) is 14.3 Å². The number of aliphatic hydroxyl groups excluding tert-OH is 1. The van der Waals surface area contributed by atoms with Gasteiger partial charge in [-0.05, 0) is 70.2 Å². The molecule has 1 aromatic carbocycles. The van der Waals surface area contributed by atoms with E-state index in [1.807, 2.05) is 36.1 Å². The number of allylic oxidation sites excluding steroid dienone is 1. The minimum absolute atomic E-state index is 0.0154. The third-order valence-electron chi connectivity index (χ3n) is 7.47. The average molecular weight is 457 g/mol. The van der Waals surface area contributed by atoms with Gasteiger partial charge in [0.05, 0.1) is 0 Å². The Morgan fingerprint density at radius 2 is 1.82 bits per heavy atom. The number of hydrogen-bond donors (Lipinski definition) is 1. The van der Waals surface area contributed by atoms with Crippen molar-refractivity contribution in [2.45, 2.75) is 70.1 Å². The molecule has 3 aliphatic rings. The van der Waals surface area contributed by atoms with Crippen LogP contribution in [0.1, 0.15) is 63.4 Å². The molecule has 0 saturated carbocycles. The minimum atomic E-state index is -0.485. The van der Waals surface area contributed by atoms with Crippen molar-refractivity contribution in [3.63, 3.8) is 0 Å². The molecule has 33 heavy (non-hydrogen) atoms. The molecule has 1 N–H and O–H groups in total. The predicted octanol–water partition coefficient (Wildman–Crippen LogP) is 3.91. The maximum atomic E-state index is 13.5. The number of piperidine rings is 2. The van der Waals surface area contributed by atoms with Crippen LogP contribution < -0.4 is 0 Å². The summed E-state index contributed by atoms with van der Waals surface area (Å²) >= 11 is 0. The molecule has 0 aliphatic carbocycles. The topological polar surface area (TPSA) is 62.2 Å². The van der Waals surface area contributed by atoms with Crippen molar-refractivity contribution in [2.75, 3.05) is 39.4 Å². The number of rotatable bonds is 8. The lowest BCUT2D eigenvalue weighted by atomic mass is 9.80. The van der Waals surface area contributed by atoms with Crippen molar-refractivity contribution in [3.05, 3.63) is 47.7 Å². The van der Waals surface area contributed by atoms with Gasteiger partial charge in [0.2, 0.25) is 6.29 Å². The monoisotopic (exact) mass is 456 g/mol. The number of hydrogen-bond acceptors (Lipinski definition) is 5. The Balaban J connectivity index is 1.49. The van der Waals surface area contributed by atoms with Crippen LogP contribution in [0.15, 0.2) is 42.2 Å². The van der Waals surface area contributed by atoms with Gasteiger partial charge in [-0.25, -0.2) is 0 Å². The van der Waals surface area contributed by atoms with Crippen LogP contribution in [0.25, 0.3) is 0 Å². The average Bonchev–Trinajstić information content (AvgIpc) is 2.88. The Kier molecular flexibility index (Phi) is 8.82. The molecule has 6 heteroatoms. The largest absolute Gasteiger partial charge is 0.459 e. The first-order chi connectivity index (χ1) is 16.2. The van der Waals surface area contributed by atoms with Crippen LogP contribution >= 0.6 is 0 Å². The first-order valence-corrected chi connectivity index (χ1v) is 12.9. The number of carbonyl (C=O) groups is 1. The maximum absolute atomic E-state index is 13.5. The van der Waals surface area contributed by atoms with Gasteiger partial charge in [-0.1, -0.05) is 36.8 Å². The molecular formula is C27H40N2O4. The fraction of sp³-hybridized carbons (Fsp3) is 0.667. The lowest BCUT2D eigenvalue weighted by Crippen LogP contribution is -2.49. The van der Waals surface area contributed by atoms with Crippen molar-refractivity contribution < 1.29 is 19.4 Å². The molecule has 182 valence electrons. The molecule has 2 fully saturated rings. The Hall–Kier alpha value is -1.89. The molecular weight excluding hydrogens is 416 g/mol. The Labute approximate surface area is 198 Å². The summed E-state index contributed by atoms with van der Waals surface area (Å²) in [4.78, 5) is 18.1. The summed E-state index contributed by atoms with van der Waals surface area (Å²) in [5, 5.41) is 9.43. The highest BCUT2D eigenvalue weighted by Crippen LogP contribution is 2.39. The standard InChI is InChI=1S/C27H40N2O4/c1-2-32-27-23(12-9-19-30)24(21-10-5-3-6-11-21)20-25(33-27)26(31)29-17-13-22(14-18-29)28-15-7-4-8-16-28/h3,5-6,10-11,20,22-24,27,30H,2,4,7-9,12-19H2,1H3/t23?,24-,27?/m0/s1. The van der Waals surface area contributed by atoms with E-state index >= 15 is 0 Å². The molecule has 1 amide bonds. The first-order valence-electron chi connectivity index (χ1n) is 12.9. The summed E-state index contributed by atoms with van der Waals surface area (Å²) in [5.74, 6) is 0.478. The molecule has 0 bridgehead atoms. The summed E-state index contributed by atoms with van der Waals surface area (Å²) in [6, 6.07) is 10.9. The molecule has 0 aromatic heterocycles. The molecule has 2 saturated heterocycles. The number of carbonyl (C=O) groups excluding carboxylic acids is 1. The third-order valence-corrected chi connectivity index (χ3v) is 7.47. The van der Waals surface area contributed by atoms with Gasteiger partial charge in [0.1, 0.15) is 0 Å². The van der Waals surface area contributed by atoms with Crippen LogP contribution in [0.2, 0.25) is 0 Å². The van der Waals surface area contributed by atoms with Gasteiger partial charge in [0.25, 0.3) is 5.91 Å². The van der Waals surface area contributed by atoms with Crippen molar-refractivity contribution in [3.8, 4) is 0 Å². The van der Waals surface area contributed by atoms with Gasteiger partial charge in [0.15, 0.2) is 5.76 Å². The zero-order valence-electron chi connectivity index (χ0n) is 20.0. The van der Waals surface area contributed by atoms with Crippen molar-refractivity contribution in [2.24, 2.45) is 5.92 Å². The van der Waals surface area contributed by atoms with Gasteiger partial charge >= 0.3 is 0 Å². The summed E-state index contributed by atoms with van der Waals surface area (Å²) in [7, 11) is 0. The second-order valence-corrected chi connectivity index (χ2v) is 9.56. The summed E-state index contributed by atoms with van der Waals surface area (Å²) < 4.78 is 12.2. The predicted molar refractivity (Wildman–Crippen MR) is 129 cm³/mol. The molecule has 2 unspecified atom stereocenters. The summed E-state index contributed by atoms with van der Waals surface area (Å²) in [6.07, 6.45) is 9.01. The molecule has 3 atom stereocenters. The highest BCUT2D eigenvalue weighted by atomic mass is 16.7. The minimum Gasteiger partial charge on any atom is -0.459 e. The van der Waals surface area contributed by atoms with E-state index in [2.05, 4.69) is 17.0 Å². The molecule has 3 aliphatic heterocycles. The van der Waals surface area contributed by atoms with E-state index in [0.29, 0.717) is 24.8 Å². The maximum Gasteiger partial charge on any atom is 0.288 e. The zero-order valence-corrected chi connectivity index (χ0v) is 20.0. The first kappa shape index (κ1) is 24.2. The number of likely N-dealkylation sites (tertiary alicyclic amines) is 2. The molecule has 4 rings (SSSR count). The van der Waals surface area contributed by atoms with Gasteiger partial charge < -0.3 is 24.4 Å². The number of benzene rings is 1. The van der Waals surface area contributed by atoms with E-state index in [-0.39, 0.29) is 24.3 Å². The van der Waals surface area contributed by atoms with Crippen molar-refractivity contribution in [1.82, 2.24) is 9.80 Å². The molecule has 0 spiro atoms. The third kappa shape index (κ3) is 5.97. The lowest BCUT2D eigenvalue weighted by Gasteiger charge is -2.41. The smallest absolute Gasteiger partial charge is 0.288 e. The number of amides is 1. The molecule has 3 heterocycles. The van der Waals surface area contributed by atoms with Gasteiger partial charge in [-0.2, -0.15) is 0 Å². The van der Waals surface area contributed by atoms with Gasteiger partial charge in [-0.3, -0.25) is 4.79 Å². The van der Waals surface area contributed by atoms with Crippen molar-refractivity contribution in [1.29, 1.82) is 0 Å². The van der Waals surface area contributed by atoms with Crippen LogP contribution in [0.5, 0.6) is 0 Å². The van der Waals surface area contributed by atoms with Gasteiger partial charge in [0, 0.05) is 44.2 Å². The Morgan fingerprint density at radius 1 is 1.09 bits per heavy atom. The zero-order chi connectivity index (χ0) is 23.0. The molecule has 1 aromatic rings. The number of aliphatic hydroxyl groups is 1. The summed E-state index contributed by atoms with van der Waals surface area (Å²) in [5.41, 5.74) is 1.16. The van der Waals surface area contributed by atoms with Gasteiger partial charge in [-0.15, -0.1) is 0 Å².